The van der Waals surface area contributed by atoms with Gasteiger partial charge in [0, 0.05) is 88.7 Å². The third kappa shape index (κ3) is 55.6. The van der Waals surface area contributed by atoms with Crippen molar-refractivity contribution in [3.63, 3.8) is 0 Å². The minimum atomic E-state index is -3.81. The van der Waals surface area contributed by atoms with E-state index in [0.29, 0.717) is 0 Å². The molecule has 0 aromatic heterocycles. The molecule has 0 bridgehead atoms. The molecule has 0 saturated carbocycles. The van der Waals surface area contributed by atoms with Gasteiger partial charge in [0.25, 0.3) is 0 Å². The summed E-state index contributed by atoms with van der Waals surface area (Å²) in [7, 11) is 0. The maximum Gasteiger partial charge on any atom is 0.319 e. The predicted molar refractivity (Wildman–Crippen MR) is 38.2 cm³/mol. The van der Waals surface area contributed by atoms with Crippen LogP contribution in [0.1, 0.15) is 0 Å². The fraction of sp³-hybridized carbons (Fsp3) is 0. The van der Waals surface area contributed by atoms with E-state index in [2.05, 4.69) is 11.8 Å². The van der Waals surface area contributed by atoms with E-state index in [1.165, 1.54) is 0 Å². The van der Waals surface area contributed by atoms with Crippen LogP contribution in [-0.4, -0.2) is 103 Å². The Morgan fingerprint density at radius 2 is 0.875 bits per heavy atom. The second-order valence-corrected chi connectivity index (χ2v) is 3.01. The maximum absolute atomic E-state index is 7.56. The Hall–Kier alpha value is 3.53. The molecule has 0 rings (SSSR count). The van der Waals surface area contributed by atoms with Crippen LogP contribution < -0.4 is 0 Å². The summed E-state index contributed by atoms with van der Waals surface area (Å²) >= 11 is 3.60. The van der Waals surface area contributed by atoms with Crippen molar-refractivity contribution in [1.29, 1.82) is 0 Å². The van der Waals surface area contributed by atoms with Gasteiger partial charge in [-0.3, -0.25) is 0 Å². The Balaban J connectivity index is -0.0000000267. The van der Waals surface area contributed by atoms with Crippen LogP contribution >= 0.6 is 6.72 Å². The molecule has 8 heteroatoms. The van der Waals surface area contributed by atoms with Crippen molar-refractivity contribution >= 4 is 107 Å². The van der Waals surface area contributed by atoms with Crippen molar-refractivity contribution in [2.24, 2.45) is 0 Å². The first-order chi connectivity index (χ1) is 2.00. The summed E-state index contributed by atoms with van der Waals surface area (Å²) in [4.78, 5) is 22.7. The SMILES string of the molecule is OP(O)(O)=S.[Na].[Na].[Na]. The molecule has 0 atom stereocenters. The molecule has 35 valence electrons. The zero-order valence-corrected chi connectivity index (χ0v) is 12.9. The van der Waals surface area contributed by atoms with Crippen LogP contribution in [0.2, 0.25) is 0 Å². The predicted octanol–water partition coefficient (Wildman–Crippen LogP) is -1.95. The van der Waals surface area contributed by atoms with Crippen LogP contribution in [0.3, 0.4) is 0 Å². The van der Waals surface area contributed by atoms with E-state index in [9.17, 15) is 0 Å². The summed E-state index contributed by atoms with van der Waals surface area (Å²) < 4.78 is 0. The Bertz CT molecular complexity index is 60.7. The quantitative estimate of drug-likeness (QED) is 0.301. The molecule has 0 unspecified atom stereocenters. The number of rotatable bonds is 0. The van der Waals surface area contributed by atoms with Gasteiger partial charge in [0.15, 0.2) is 0 Å². The molecule has 0 aliphatic heterocycles. The fourth-order valence-corrected chi connectivity index (χ4v) is 0. The van der Waals surface area contributed by atoms with Crippen LogP contribution in [0.25, 0.3) is 0 Å². The van der Waals surface area contributed by atoms with Crippen molar-refractivity contribution in [1.82, 2.24) is 0 Å². The summed E-state index contributed by atoms with van der Waals surface area (Å²) in [6.07, 6.45) is 0. The van der Waals surface area contributed by atoms with E-state index in [4.69, 9.17) is 14.7 Å². The summed E-state index contributed by atoms with van der Waals surface area (Å²) in [5, 5.41) is 0. The first kappa shape index (κ1) is 22.5. The standard InChI is InChI=1S/3Na.H3O3PS/c;;;1-4(2,3)5/h;;;(H3,1,2,3,5). The van der Waals surface area contributed by atoms with Crippen LogP contribution in [0.15, 0.2) is 0 Å². The van der Waals surface area contributed by atoms with Gasteiger partial charge in [0.2, 0.25) is 0 Å². The molecule has 0 aromatic rings. The van der Waals surface area contributed by atoms with E-state index in [0.717, 1.165) is 0 Å². The smallest absolute Gasteiger partial charge is 0.319 e. The molecule has 0 spiro atoms. The van der Waals surface area contributed by atoms with Crippen molar-refractivity contribution in [3.8, 4) is 0 Å². The molecule has 0 amide bonds. The Morgan fingerprint density at radius 3 is 0.875 bits per heavy atom. The summed E-state index contributed by atoms with van der Waals surface area (Å²) in [6, 6.07) is 0. The topological polar surface area (TPSA) is 60.7 Å². The Kier molecular flexibility index (Phi) is 29.7. The van der Waals surface area contributed by atoms with E-state index < -0.39 is 6.72 Å². The van der Waals surface area contributed by atoms with Gasteiger partial charge in [-0.2, -0.15) is 0 Å². The maximum atomic E-state index is 7.56. The molecule has 0 aliphatic rings. The third-order valence-corrected chi connectivity index (χ3v) is 0. The van der Waals surface area contributed by atoms with Crippen molar-refractivity contribution in [2.75, 3.05) is 0 Å². The van der Waals surface area contributed by atoms with E-state index in [1.54, 1.807) is 0 Å². The van der Waals surface area contributed by atoms with Gasteiger partial charge in [-0.1, -0.05) is 0 Å². The summed E-state index contributed by atoms with van der Waals surface area (Å²) in [6.45, 7) is -3.81. The van der Waals surface area contributed by atoms with Gasteiger partial charge >= 0.3 is 6.72 Å². The largest absolute Gasteiger partial charge is 0.325 e. The molecule has 0 aromatic carbocycles. The van der Waals surface area contributed by atoms with Gasteiger partial charge in [-0.05, 0) is 11.8 Å². The molecule has 0 aliphatic carbocycles. The normalized spacial score (nSPS) is 7.38. The average molecular weight is 183 g/mol. The Labute approximate surface area is 119 Å². The van der Waals surface area contributed by atoms with Gasteiger partial charge in [0.05, 0.1) is 0 Å². The van der Waals surface area contributed by atoms with Gasteiger partial charge in [-0.25, -0.2) is 0 Å². The molecule has 0 saturated heterocycles. The van der Waals surface area contributed by atoms with Crippen molar-refractivity contribution < 1.29 is 14.7 Å². The van der Waals surface area contributed by atoms with E-state index in [-0.39, 0.29) is 88.7 Å². The Morgan fingerprint density at radius 1 is 0.875 bits per heavy atom. The molecular weight excluding hydrogens is 180 g/mol. The second kappa shape index (κ2) is 10.5. The first-order valence-corrected chi connectivity index (χ1v) is 3.44. The third-order valence-electron chi connectivity index (χ3n) is 0. The fourth-order valence-electron chi connectivity index (χ4n) is 0. The molecule has 3 radical (unpaired) electrons. The minimum absolute atomic E-state index is 0. The van der Waals surface area contributed by atoms with Crippen molar-refractivity contribution in [2.45, 2.75) is 0 Å². The minimum Gasteiger partial charge on any atom is -0.325 e. The first-order valence-electron chi connectivity index (χ1n) is 0.783. The monoisotopic (exact) mass is 183 g/mol. The van der Waals surface area contributed by atoms with Crippen LogP contribution in [-0.2, 0) is 11.8 Å². The van der Waals surface area contributed by atoms with Crippen LogP contribution in [0.5, 0.6) is 0 Å². The summed E-state index contributed by atoms with van der Waals surface area (Å²) in [5.74, 6) is 0. The zero-order chi connectivity index (χ0) is 4.50. The molecular formula is H3Na3O3PS. The summed E-state index contributed by atoms with van der Waals surface area (Å²) in [5.41, 5.74) is 0. The van der Waals surface area contributed by atoms with E-state index in [1.807, 2.05) is 0 Å². The number of hydrogen-bond donors (Lipinski definition) is 3. The number of hydrogen-bond acceptors (Lipinski definition) is 1. The zero-order valence-electron chi connectivity index (χ0n) is 5.20. The molecule has 8 heavy (non-hydrogen) atoms. The van der Waals surface area contributed by atoms with Crippen molar-refractivity contribution in [3.05, 3.63) is 0 Å². The van der Waals surface area contributed by atoms with Crippen LogP contribution in [0.4, 0.5) is 0 Å². The van der Waals surface area contributed by atoms with Crippen LogP contribution in [0, 0.1) is 0 Å². The van der Waals surface area contributed by atoms with E-state index >= 15 is 0 Å². The molecule has 3 N–H and O–H groups in total. The van der Waals surface area contributed by atoms with Gasteiger partial charge in [0.1, 0.15) is 0 Å². The molecule has 0 fully saturated rings. The molecule has 3 nitrogen and oxygen atoms in total. The van der Waals surface area contributed by atoms with Gasteiger partial charge in [-0.15, -0.1) is 0 Å². The average Bonchev–Trinajstić information content (AvgIpc) is 0.722. The second-order valence-electron chi connectivity index (χ2n) is 0.513. The van der Waals surface area contributed by atoms with Gasteiger partial charge < -0.3 is 14.7 Å². The molecule has 0 heterocycles.